The van der Waals surface area contributed by atoms with Gasteiger partial charge in [0, 0.05) is 17.9 Å². The minimum absolute atomic E-state index is 0.414. The summed E-state index contributed by atoms with van der Waals surface area (Å²) < 4.78 is 2.89. The second kappa shape index (κ2) is 4.75. The minimum atomic E-state index is -0.507. The van der Waals surface area contributed by atoms with Gasteiger partial charge >= 0.3 is 0 Å². The van der Waals surface area contributed by atoms with E-state index in [1.165, 1.54) is 0 Å². The lowest BCUT2D eigenvalue weighted by Crippen LogP contribution is -1.94. The number of carbonyl (C=O) groups excluding carboxylic acids is 1. The average molecular weight is 456 g/mol. The van der Waals surface area contributed by atoms with Crippen LogP contribution >= 0.6 is 75.3 Å². The van der Waals surface area contributed by atoms with Crippen molar-refractivity contribution >= 4 is 80.6 Å². The molecule has 0 aliphatic heterocycles. The van der Waals surface area contributed by atoms with E-state index >= 15 is 0 Å². The number of carbonyl (C=O) groups is 1. The fourth-order valence-corrected chi connectivity index (χ4v) is 3.96. The van der Waals surface area contributed by atoms with Gasteiger partial charge in [-0.25, -0.2) is 0 Å². The lowest BCUT2D eigenvalue weighted by molar-refractivity contribution is 0.108. The highest BCUT2D eigenvalue weighted by Gasteiger charge is 2.16. The van der Waals surface area contributed by atoms with E-state index in [1.807, 2.05) is 0 Å². The van der Waals surface area contributed by atoms with E-state index in [0.717, 1.165) is 8.95 Å². The number of hydrogen-bond acceptors (Lipinski definition) is 1. The first-order valence-corrected chi connectivity index (χ1v) is 6.53. The molecule has 1 nitrogen and oxygen atoms in total. The summed E-state index contributed by atoms with van der Waals surface area (Å²) in [6.45, 7) is 0. The molecule has 0 spiro atoms. The van der Waals surface area contributed by atoms with Crippen molar-refractivity contribution in [3.05, 3.63) is 29.5 Å². The van der Waals surface area contributed by atoms with Crippen molar-refractivity contribution in [1.82, 2.24) is 0 Å². The van der Waals surface area contributed by atoms with Crippen molar-refractivity contribution in [1.29, 1.82) is 0 Å². The maximum Gasteiger partial charge on any atom is 0.254 e. The number of hydrogen-bond donors (Lipinski definition) is 0. The average Bonchev–Trinajstić information content (AvgIpc) is 1.99. The summed E-state index contributed by atoms with van der Waals surface area (Å²) in [5, 5.41) is -0.507. The van der Waals surface area contributed by atoms with E-state index in [1.54, 1.807) is 6.07 Å². The van der Waals surface area contributed by atoms with E-state index in [0.29, 0.717) is 14.5 Å². The molecule has 0 fully saturated rings. The summed E-state index contributed by atoms with van der Waals surface area (Å²) in [5.41, 5.74) is 0.414. The van der Waals surface area contributed by atoms with Gasteiger partial charge in [0.1, 0.15) is 0 Å². The monoisotopic (exact) mass is 452 g/mol. The van der Waals surface area contributed by atoms with Crippen LogP contribution in [0.2, 0.25) is 0 Å². The Labute approximate surface area is 114 Å². The zero-order chi connectivity index (χ0) is 10.2. The maximum atomic E-state index is 11.0. The molecule has 0 unspecified atom stereocenters. The summed E-state index contributed by atoms with van der Waals surface area (Å²) in [5.74, 6) is 0. The van der Waals surface area contributed by atoms with Gasteiger partial charge in [0.15, 0.2) is 0 Å². The van der Waals surface area contributed by atoms with Crippen LogP contribution in [0.1, 0.15) is 10.4 Å². The summed E-state index contributed by atoms with van der Waals surface area (Å²) in [6.07, 6.45) is 0. The molecule has 0 atom stereocenters. The Balaban J connectivity index is 3.53. The van der Waals surface area contributed by atoms with Crippen molar-refractivity contribution in [2.24, 2.45) is 0 Å². The summed E-state index contributed by atoms with van der Waals surface area (Å²) in [7, 11) is 0. The Morgan fingerprint density at radius 1 is 1.08 bits per heavy atom. The predicted molar refractivity (Wildman–Crippen MR) is 67.4 cm³/mol. The summed E-state index contributed by atoms with van der Waals surface area (Å²) in [4.78, 5) is 11.0. The Bertz CT molecular complexity index is 377. The highest BCUT2D eigenvalue weighted by Crippen LogP contribution is 2.38. The molecule has 0 bridgehead atoms. The molecule has 0 aromatic heterocycles. The largest absolute Gasteiger partial charge is 0.276 e. The van der Waals surface area contributed by atoms with Crippen LogP contribution in [0, 0.1) is 0 Å². The van der Waals surface area contributed by atoms with Crippen molar-refractivity contribution in [3.63, 3.8) is 0 Å². The van der Waals surface area contributed by atoms with Crippen molar-refractivity contribution < 1.29 is 4.79 Å². The van der Waals surface area contributed by atoms with E-state index < -0.39 is 5.24 Å². The first-order valence-electron chi connectivity index (χ1n) is 2.98. The van der Waals surface area contributed by atoms with Crippen LogP contribution in [-0.2, 0) is 0 Å². The van der Waals surface area contributed by atoms with Crippen molar-refractivity contribution in [2.45, 2.75) is 0 Å². The van der Waals surface area contributed by atoms with Crippen LogP contribution in [0.15, 0.2) is 24.0 Å². The number of halogens is 5. The number of benzene rings is 1. The van der Waals surface area contributed by atoms with Gasteiger partial charge in [0.2, 0.25) is 0 Å². The van der Waals surface area contributed by atoms with Crippen molar-refractivity contribution in [2.75, 3.05) is 0 Å². The van der Waals surface area contributed by atoms with Gasteiger partial charge < -0.3 is 0 Å². The SMILES string of the molecule is O=C(Cl)c1c(Br)cc(Br)c(Br)c1Br. The fourth-order valence-electron chi connectivity index (χ4n) is 0.746. The zero-order valence-corrected chi connectivity index (χ0v) is 13.0. The summed E-state index contributed by atoms with van der Waals surface area (Å²) >= 11 is 18.5. The predicted octanol–water partition coefficient (Wildman–Crippen LogP) is 5.12. The van der Waals surface area contributed by atoms with Gasteiger partial charge in [-0.2, -0.15) is 0 Å². The smallest absolute Gasteiger partial charge is 0.254 e. The third-order valence-electron chi connectivity index (χ3n) is 1.31. The van der Waals surface area contributed by atoms with Crippen LogP contribution < -0.4 is 0 Å². The van der Waals surface area contributed by atoms with Gasteiger partial charge in [-0.3, -0.25) is 4.79 Å². The molecule has 1 aromatic rings. The lowest BCUT2D eigenvalue weighted by Gasteiger charge is -2.06. The molecule has 13 heavy (non-hydrogen) atoms. The topological polar surface area (TPSA) is 17.1 Å². The van der Waals surface area contributed by atoms with Crippen LogP contribution in [0.3, 0.4) is 0 Å². The first-order chi connectivity index (χ1) is 5.95. The van der Waals surface area contributed by atoms with Gasteiger partial charge in [0.05, 0.1) is 5.56 Å². The molecule has 0 N–H and O–H groups in total. The van der Waals surface area contributed by atoms with E-state index in [4.69, 9.17) is 11.6 Å². The third kappa shape index (κ3) is 2.56. The molecule has 0 aliphatic rings. The third-order valence-corrected chi connectivity index (χ3v) is 5.43. The molecule has 0 saturated heterocycles. The minimum Gasteiger partial charge on any atom is -0.276 e. The van der Waals surface area contributed by atoms with Crippen LogP contribution in [0.5, 0.6) is 0 Å². The van der Waals surface area contributed by atoms with Crippen LogP contribution in [0.25, 0.3) is 0 Å². The molecular formula is C7HBr4ClO. The molecule has 0 radical (unpaired) electrons. The standard InChI is InChI=1S/C7HBr4ClO/c8-2-1-3(9)5(10)6(11)4(2)7(12)13/h1H. The van der Waals surface area contributed by atoms with E-state index in [-0.39, 0.29) is 0 Å². The Kier molecular flexibility index (Phi) is 4.44. The molecule has 6 heteroatoms. The highest BCUT2D eigenvalue weighted by molar-refractivity contribution is 9.14. The van der Waals surface area contributed by atoms with E-state index in [9.17, 15) is 4.79 Å². The van der Waals surface area contributed by atoms with Gasteiger partial charge in [0.25, 0.3) is 5.24 Å². The molecule has 1 aromatic carbocycles. The maximum absolute atomic E-state index is 11.0. The van der Waals surface area contributed by atoms with Crippen LogP contribution in [0.4, 0.5) is 0 Å². The fraction of sp³-hybridized carbons (Fsp3) is 0. The lowest BCUT2D eigenvalue weighted by atomic mass is 10.2. The second-order valence-electron chi connectivity index (χ2n) is 2.12. The van der Waals surface area contributed by atoms with Gasteiger partial charge in [-0.1, -0.05) is 0 Å². The molecule has 1 rings (SSSR count). The summed E-state index contributed by atoms with van der Waals surface area (Å²) in [6, 6.07) is 1.75. The van der Waals surface area contributed by atoms with Crippen molar-refractivity contribution in [3.8, 4) is 0 Å². The van der Waals surface area contributed by atoms with Gasteiger partial charge in [-0.05, 0) is 81.4 Å². The molecule has 0 amide bonds. The van der Waals surface area contributed by atoms with E-state index in [2.05, 4.69) is 63.7 Å². The molecule has 70 valence electrons. The molecular weight excluding hydrogens is 455 g/mol. The zero-order valence-electron chi connectivity index (χ0n) is 5.88. The van der Waals surface area contributed by atoms with Gasteiger partial charge in [-0.15, -0.1) is 0 Å². The molecule has 0 saturated carbocycles. The first kappa shape index (κ1) is 12.2. The Morgan fingerprint density at radius 2 is 1.62 bits per heavy atom. The molecule has 0 aliphatic carbocycles. The Morgan fingerprint density at radius 3 is 2.08 bits per heavy atom. The highest BCUT2D eigenvalue weighted by atomic mass is 79.9. The second-order valence-corrected chi connectivity index (χ2v) is 5.75. The normalized spacial score (nSPS) is 10.2. The number of rotatable bonds is 1. The Hall–Kier alpha value is 1.10. The molecule has 0 heterocycles. The van der Waals surface area contributed by atoms with Crippen LogP contribution in [-0.4, -0.2) is 5.24 Å². The quantitative estimate of drug-likeness (QED) is 0.326.